The van der Waals surface area contributed by atoms with Crippen LogP contribution in [0.15, 0.2) is 30.5 Å². The highest BCUT2D eigenvalue weighted by Gasteiger charge is 2.38. The number of carbonyl (C=O) groups excluding carboxylic acids is 6. The number of likely N-dealkylation sites (tertiary alicyclic amines) is 1. The Balaban J connectivity index is 1.07. The van der Waals surface area contributed by atoms with Crippen LogP contribution in [0.3, 0.4) is 0 Å². The Morgan fingerprint density at radius 1 is 0.590 bits per heavy atom. The fourth-order valence-corrected chi connectivity index (χ4v) is 8.87. The van der Waals surface area contributed by atoms with Crippen molar-refractivity contribution in [2.45, 2.75) is 69.5 Å². The summed E-state index contributed by atoms with van der Waals surface area (Å²) in [6, 6.07) is 3.53. The predicted octanol–water partition coefficient (Wildman–Crippen LogP) is -3.05. The van der Waals surface area contributed by atoms with E-state index in [0.717, 1.165) is 10.9 Å². The number of nitrogens with one attached hydrogen (secondary N) is 5. The highest BCUT2D eigenvalue weighted by Crippen LogP contribution is 2.21. The number of fused-ring (bicyclic) bond motifs is 1. The number of aromatic nitrogens is 1. The van der Waals surface area contributed by atoms with E-state index in [4.69, 9.17) is 19.9 Å². The van der Waals surface area contributed by atoms with E-state index in [1.165, 1.54) is 4.90 Å². The number of carboxylic acids is 4. The number of carboxylic acid groups (broad SMARTS) is 4. The van der Waals surface area contributed by atoms with Gasteiger partial charge in [-0.05, 0) is 37.3 Å². The van der Waals surface area contributed by atoms with Crippen molar-refractivity contribution in [3.8, 4) is 0 Å². The minimum absolute atomic E-state index is 0.0102. The second-order valence-electron chi connectivity index (χ2n) is 19.0. The number of para-hydroxylation sites is 1. The molecule has 0 radical (unpaired) electrons. The normalized spacial score (nSPS) is 17.0. The molecule has 2 aromatic rings. The van der Waals surface area contributed by atoms with Crippen molar-refractivity contribution in [3.63, 3.8) is 0 Å². The molecule has 1 aromatic heterocycles. The average Bonchev–Trinajstić information content (AvgIpc) is 4.07. The molecule has 1 aromatic carbocycles. The molecule has 0 unspecified atom stereocenters. The molecule has 6 amide bonds. The van der Waals surface area contributed by atoms with Gasteiger partial charge < -0.3 is 71.5 Å². The molecule has 3 atom stereocenters. The van der Waals surface area contributed by atoms with Crippen molar-refractivity contribution >= 4 is 70.2 Å². The highest BCUT2D eigenvalue weighted by molar-refractivity contribution is 5.96. The van der Waals surface area contributed by atoms with Crippen LogP contribution in [0.2, 0.25) is 0 Å². The van der Waals surface area contributed by atoms with E-state index >= 15 is 0 Å². The molecule has 78 heavy (non-hydrogen) atoms. The lowest BCUT2D eigenvalue weighted by atomic mass is 10.0. The smallest absolute Gasteiger partial charge is 0.317 e. The summed E-state index contributed by atoms with van der Waals surface area (Å²) >= 11 is 0. The molecule has 0 saturated carbocycles. The zero-order valence-corrected chi connectivity index (χ0v) is 44.0. The number of H-pyrrole nitrogens is 1. The molecule has 4 rings (SSSR count). The van der Waals surface area contributed by atoms with Crippen molar-refractivity contribution in [2.24, 2.45) is 5.73 Å². The molecule has 28 nitrogen and oxygen atoms in total. The van der Waals surface area contributed by atoms with Crippen molar-refractivity contribution in [1.29, 1.82) is 0 Å². The van der Waals surface area contributed by atoms with Crippen LogP contribution in [0.1, 0.15) is 50.5 Å². The Morgan fingerprint density at radius 2 is 1.08 bits per heavy atom. The molecular weight excluding hydrogens is 1030 g/mol. The number of hydrogen-bond acceptors (Lipinski definition) is 17. The first-order valence-electron chi connectivity index (χ1n) is 26.2. The zero-order chi connectivity index (χ0) is 56.8. The Bertz CT molecular complexity index is 2270. The summed E-state index contributed by atoms with van der Waals surface area (Å²) < 4.78 is 16.7. The molecule has 0 spiro atoms. The Hall–Kier alpha value is -6.82. The minimum Gasteiger partial charge on any atom is -0.481 e. The second-order valence-corrected chi connectivity index (χ2v) is 19.0. The van der Waals surface area contributed by atoms with Gasteiger partial charge >= 0.3 is 23.9 Å². The summed E-state index contributed by atoms with van der Waals surface area (Å²) in [5.74, 6) is -8.13. The van der Waals surface area contributed by atoms with Gasteiger partial charge in [0.15, 0.2) is 0 Å². The van der Waals surface area contributed by atoms with E-state index in [9.17, 15) is 68.4 Å². The molecular formula is C50H77N11O17. The Labute approximate surface area is 451 Å². The number of benzene rings is 1. The third kappa shape index (κ3) is 24.7. The van der Waals surface area contributed by atoms with Crippen LogP contribution in [-0.2, 0) is 68.6 Å². The number of hydrogen-bond donors (Lipinski definition) is 10. The number of aromatic amines is 1. The van der Waals surface area contributed by atoms with Crippen LogP contribution >= 0.6 is 0 Å². The molecule has 0 bridgehead atoms. The van der Waals surface area contributed by atoms with Gasteiger partial charge in [-0.25, -0.2) is 0 Å². The van der Waals surface area contributed by atoms with Gasteiger partial charge in [0.25, 0.3) is 0 Å². The highest BCUT2D eigenvalue weighted by atomic mass is 16.5. The van der Waals surface area contributed by atoms with Crippen LogP contribution in [0.4, 0.5) is 0 Å². The van der Waals surface area contributed by atoms with E-state index < -0.39 is 78.0 Å². The fraction of sp³-hybridized carbons (Fsp3) is 0.640. The fourth-order valence-electron chi connectivity index (χ4n) is 8.87. The Morgan fingerprint density at radius 3 is 1.59 bits per heavy atom. The summed E-state index contributed by atoms with van der Waals surface area (Å²) in [6.45, 7) is 4.26. The lowest BCUT2D eigenvalue weighted by Crippen LogP contribution is -2.57. The molecule has 2 aliphatic heterocycles. The monoisotopic (exact) mass is 1100 g/mol. The SMILES string of the molecule is NC(=O)[C@@H]1CCCN1C(=O)[C@H](CC(=O)O)NC(=O)[C@H](Cc1c[nH]c2ccccc12)NC(=O)CCC(=O)NCCCOCCOCCOCCCNC(=O)CN1CCN(CC(=O)O)CCN(CC(=O)O)CCN(CC(=O)O)CC1. The second kappa shape index (κ2) is 34.8. The van der Waals surface area contributed by atoms with E-state index in [1.807, 2.05) is 23.1 Å². The van der Waals surface area contributed by atoms with Gasteiger partial charge in [0.1, 0.15) is 18.1 Å². The third-order valence-corrected chi connectivity index (χ3v) is 12.9. The molecule has 0 aliphatic carbocycles. The number of aliphatic carboxylic acids is 4. The summed E-state index contributed by atoms with van der Waals surface area (Å²) in [5.41, 5.74) is 6.92. The zero-order valence-electron chi connectivity index (χ0n) is 44.0. The summed E-state index contributed by atoms with van der Waals surface area (Å²) in [4.78, 5) is 135. The summed E-state index contributed by atoms with van der Waals surface area (Å²) in [6.07, 6.45) is 2.17. The molecule has 434 valence electrons. The van der Waals surface area contributed by atoms with E-state index in [-0.39, 0.29) is 90.6 Å². The van der Waals surface area contributed by atoms with Crippen molar-refractivity contribution in [2.75, 3.05) is 138 Å². The van der Waals surface area contributed by atoms with Gasteiger partial charge in [-0.1, -0.05) is 18.2 Å². The maximum Gasteiger partial charge on any atom is 0.317 e. The number of carbonyl (C=O) groups is 10. The van der Waals surface area contributed by atoms with Crippen molar-refractivity contribution in [1.82, 2.24) is 50.8 Å². The van der Waals surface area contributed by atoms with Crippen LogP contribution < -0.4 is 27.0 Å². The van der Waals surface area contributed by atoms with E-state index in [0.29, 0.717) is 104 Å². The molecule has 28 heteroatoms. The van der Waals surface area contributed by atoms with Crippen molar-refractivity contribution < 1.29 is 82.6 Å². The Kier molecular flexibility index (Phi) is 28.5. The standard InChI is InChI=1S/C50H77N11O17/c51-48(73)40-8-3-13-61(40)50(75)39(29-44(65)66)56-49(74)38(28-35-30-54-37-7-2-1-6-36(35)37)55-42(63)10-9-41(62)52-11-4-22-76-24-26-78-27-25-77-23-5-12-53-43(64)31-57-14-16-58(32-45(67)68)18-20-60(34-47(71)72)21-19-59(17-15-57)33-46(69)70/h1-2,6-7,30,38-40,54H,3-5,8-29,31-34H2,(H2,51,73)(H,52,62)(H,53,64)(H,55,63)(H,56,74)(H,65,66)(H,67,68)(H,69,70)(H,71,72)/t38-,39-,40-/m0/s1. The summed E-state index contributed by atoms with van der Waals surface area (Å²) in [7, 11) is 0. The van der Waals surface area contributed by atoms with Gasteiger partial charge in [-0.2, -0.15) is 0 Å². The minimum atomic E-state index is -1.55. The van der Waals surface area contributed by atoms with Crippen LogP contribution in [-0.4, -0.2) is 265 Å². The van der Waals surface area contributed by atoms with Gasteiger partial charge in [0.05, 0.1) is 59.0 Å². The average molecular weight is 1100 g/mol. The topological polar surface area (TPSA) is 385 Å². The van der Waals surface area contributed by atoms with Gasteiger partial charge in [-0.3, -0.25) is 67.5 Å². The molecule has 2 aliphatic rings. The number of ether oxygens (including phenoxy) is 3. The first-order valence-corrected chi connectivity index (χ1v) is 26.2. The van der Waals surface area contributed by atoms with E-state index in [2.05, 4.69) is 26.3 Å². The largest absolute Gasteiger partial charge is 0.481 e. The first-order chi connectivity index (χ1) is 37.4. The number of nitrogens with two attached hydrogens (primary N) is 1. The van der Waals surface area contributed by atoms with Gasteiger partial charge in [0.2, 0.25) is 35.4 Å². The predicted molar refractivity (Wildman–Crippen MR) is 278 cm³/mol. The van der Waals surface area contributed by atoms with Crippen LogP contribution in [0, 0.1) is 0 Å². The maximum atomic E-state index is 13.8. The van der Waals surface area contributed by atoms with Crippen LogP contribution in [0.5, 0.6) is 0 Å². The van der Waals surface area contributed by atoms with Gasteiger partial charge in [-0.15, -0.1) is 0 Å². The van der Waals surface area contributed by atoms with Gasteiger partial charge in [0, 0.05) is 122 Å². The molecule has 2 saturated heterocycles. The number of rotatable bonds is 34. The lowest BCUT2D eigenvalue weighted by molar-refractivity contribution is -0.145. The molecule has 2 fully saturated rings. The third-order valence-electron chi connectivity index (χ3n) is 12.9. The number of amides is 6. The number of primary amides is 1. The molecule has 11 N–H and O–H groups in total. The number of nitrogens with zero attached hydrogens (tertiary/aromatic N) is 5. The quantitative estimate of drug-likeness (QED) is 0.0311. The van der Waals surface area contributed by atoms with Crippen molar-refractivity contribution in [3.05, 3.63) is 36.0 Å². The van der Waals surface area contributed by atoms with E-state index in [1.54, 1.807) is 27.0 Å². The first kappa shape index (κ1) is 63.7. The summed E-state index contributed by atoms with van der Waals surface area (Å²) in [5, 5.41) is 49.3. The molecule has 3 heterocycles. The maximum absolute atomic E-state index is 13.8. The van der Waals surface area contributed by atoms with Crippen LogP contribution in [0.25, 0.3) is 10.9 Å². The lowest BCUT2D eigenvalue weighted by Gasteiger charge is -2.32.